The van der Waals surface area contributed by atoms with Crippen LogP contribution in [0.25, 0.3) is 0 Å². The molecule has 16 heavy (non-hydrogen) atoms. The molecule has 1 aromatic heterocycles. The van der Waals surface area contributed by atoms with Gasteiger partial charge >= 0.3 is 0 Å². The third kappa shape index (κ3) is 3.58. The quantitative estimate of drug-likeness (QED) is 0.843. The lowest BCUT2D eigenvalue weighted by molar-refractivity contribution is 0.0267. The number of aromatic nitrogens is 1. The molecule has 0 radical (unpaired) electrons. The summed E-state index contributed by atoms with van der Waals surface area (Å²) >= 11 is 0. The second-order valence-electron chi connectivity index (χ2n) is 4.48. The zero-order chi connectivity index (χ0) is 11.2. The maximum absolute atomic E-state index is 5.85. The second kappa shape index (κ2) is 5.97. The summed E-state index contributed by atoms with van der Waals surface area (Å²) in [6.07, 6.45) is 7.59. The van der Waals surface area contributed by atoms with Crippen LogP contribution in [-0.4, -0.2) is 23.7 Å². The molecule has 1 aliphatic carbocycles. The zero-order valence-corrected chi connectivity index (χ0v) is 9.64. The molecule has 0 aromatic carbocycles. The standard InChI is InChI=1S/C13H20N2O/c14-11-4-6-13(7-5-11)16-10-8-12-3-1-2-9-15-12/h1-3,9,11,13H,4-8,10,14H2. The number of hydrogen-bond donors (Lipinski definition) is 1. The molecule has 0 bridgehead atoms. The van der Waals surface area contributed by atoms with E-state index in [4.69, 9.17) is 10.5 Å². The van der Waals surface area contributed by atoms with Crippen LogP contribution >= 0.6 is 0 Å². The Bertz CT molecular complexity index is 294. The van der Waals surface area contributed by atoms with Crippen molar-refractivity contribution in [3.8, 4) is 0 Å². The molecule has 3 nitrogen and oxygen atoms in total. The molecule has 1 heterocycles. The molecule has 1 aromatic rings. The first-order chi connectivity index (χ1) is 7.84. The highest BCUT2D eigenvalue weighted by Gasteiger charge is 2.18. The lowest BCUT2D eigenvalue weighted by Crippen LogP contribution is -2.30. The summed E-state index contributed by atoms with van der Waals surface area (Å²) in [6.45, 7) is 0.775. The van der Waals surface area contributed by atoms with E-state index in [0.717, 1.165) is 44.4 Å². The third-order valence-electron chi connectivity index (χ3n) is 3.16. The van der Waals surface area contributed by atoms with Gasteiger partial charge in [-0.1, -0.05) is 6.07 Å². The Morgan fingerprint density at radius 3 is 2.75 bits per heavy atom. The van der Waals surface area contributed by atoms with E-state index in [1.807, 2.05) is 24.4 Å². The van der Waals surface area contributed by atoms with E-state index < -0.39 is 0 Å². The Labute approximate surface area is 97.0 Å². The maximum atomic E-state index is 5.85. The van der Waals surface area contributed by atoms with Gasteiger partial charge in [0.05, 0.1) is 12.7 Å². The minimum atomic E-state index is 0.399. The molecule has 1 saturated carbocycles. The van der Waals surface area contributed by atoms with Gasteiger partial charge < -0.3 is 10.5 Å². The Balaban J connectivity index is 1.65. The molecule has 88 valence electrons. The molecule has 1 fully saturated rings. The first kappa shape index (κ1) is 11.6. The molecular weight excluding hydrogens is 200 g/mol. The Morgan fingerprint density at radius 1 is 1.25 bits per heavy atom. The summed E-state index contributed by atoms with van der Waals surface area (Å²) in [5, 5.41) is 0. The number of pyridine rings is 1. The molecule has 0 saturated heterocycles. The van der Waals surface area contributed by atoms with Crippen molar-refractivity contribution in [3.05, 3.63) is 30.1 Å². The van der Waals surface area contributed by atoms with Crippen LogP contribution in [0.3, 0.4) is 0 Å². The third-order valence-corrected chi connectivity index (χ3v) is 3.16. The predicted molar refractivity (Wildman–Crippen MR) is 64.1 cm³/mol. The Kier molecular flexibility index (Phi) is 4.31. The lowest BCUT2D eigenvalue weighted by Gasteiger charge is -2.26. The summed E-state index contributed by atoms with van der Waals surface area (Å²) in [5.41, 5.74) is 6.96. The van der Waals surface area contributed by atoms with Gasteiger partial charge in [0.1, 0.15) is 0 Å². The van der Waals surface area contributed by atoms with Crippen LogP contribution in [-0.2, 0) is 11.2 Å². The van der Waals surface area contributed by atoms with Crippen molar-refractivity contribution in [1.82, 2.24) is 4.98 Å². The fraction of sp³-hybridized carbons (Fsp3) is 0.615. The van der Waals surface area contributed by atoms with E-state index in [1.165, 1.54) is 0 Å². The summed E-state index contributed by atoms with van der Waals surface area (Å²) in [5.74, 6) is 0. The number of rotatable bonds is 4. The summed E-state index contributed by atoms with van der Waals surface area (Å²) < 4.78 is 5.84. The highest BCUT2D eigenvalue weighted by Crippen LogP contribution is 2.19. The first-order valence-corrected chi connectivity index (χ1v) is 6.11. The minimum Gasteiger partial charge on any atom is -0.378 e. The van der Waals surface area contributed by atoms with Crippen molar-refractivity contribution in [3.63, 3.8) is 0 Å². The van der Waals surface area contributed by atoms with E-state index in [1.54, 1.807) is 0 Å². The number of hydrogen-bond acceptors (Lipinski definition) is 3. The molecule has 0 aliphatic heterocycles. The van der Waals surface area contributed by atoms with Crippen LogP contribution in [0.1, 0.15) is 31.4 Å². The molecule has 0 unspecified atom stereocenters. The van der Waals surface area contributed by atoms with Crippen LogP contribution < -0.4 is 5.73 Å². The summed E-state index contributed by atoms with van der Waals surface area (Å²) in [4.78, 5) is 4.27. The molecule has 0 atom stereocenters. The van der Waals surface area contributed by atoms with Gasteiger partial charge in [-0.05, 0) is 37.8 Å². The second-order valence-corrected chi connectivity index (χ2v) is 4.48. The van der Waals surface area contributed by atoms with E-state index in [0.29, 0.717) is 12.1 Å². The largest absolute Gasteiger partial charge is 0.378 e. The van der Waals surface area contributed by atoms with Gasteiger partial charge in [0.15, 0.2) is 0 Å². The van der Waals surface area contributed by atoms with E-state index in [2.05, 4.69) is 4.98 Å². The van der Waals surface area contributed by atoms with Crippen LogP contribution in [0.15, 0.2) is 24.4 Å². The SMILES string of the molecule is NC1CCC(OCCc2ccccn2)CC1. The number of nitrogens with zero attached hydrogens (tertiary/aromatic N) is 1. The van der Waals surface area contributed by atoms with Crippen molar-refractivity contribution in [1.29, 1.82) is 0 Å². The number of nitrogens with two attached hydrogens (primary N) is 1. The molecule has 0 spiro atoms. The highest BCUT2D eigenvalue weighted by molar-refractivity contribution is 5.03. The normalized spacial score (nSPS) is 25.6. The van der Waals surface area contributed by atoms with Crippen LogP contribution in [0.2, 0.25) is 0 Å². The van der Waals surface area contributed by atoms with Crippen molar-refractivity contribution in [2.24, 2.45) is 5.73 Å². The average Bonchev–Trinajstić information content (AvgIpc) is 2.33. The Hall–Kier alpha value is -0.930. The van der Waals surface area contributed by atoms with Gasteiger partial charge in [0.25, 0.3) is 0 Å². The number of ether oxygens (including phenoxy) is 1. The lowest BCUT2D eigenvalue weighted by atomic mass is 9.94. The van der Waals surface area contributed by atoms with Crippen molar-refractivity contribution < 1.29 is 4.74 Å². The van der Waals surface area contributed by atoms with E-state index in [9.17, 15) is 0 Å². The van der Waals surface area contributed by atoms with Crippen LogP contribution in [0.5, 0.6) is 0 Å². The molecule has 3 heteroatoms. The highest BCUT2D eigenvalue weighted by atomic mass is 16.5. The van der Waals surface area contributed by atoms with Gasteiger partial charge in [-0.25, -0.2) is 0 Å². The first-order valence-electron chi connectivity index (χ1n) is 6.11. The smallest absolute Gasteiger partial charge is 0.0576 e. The molecule has 0 amide bonds. The van der Waals surface area contributed by atoms with Gasteiger partial charge in [-0.15, -0.1) is 0 Å². The molecule has 2 N–H and O–H groups in total. The van der Waals surface area contributed by atoms with Crippen molar-refractivity contribution in [2.75, 3.05) is 6.61 Å². The minimum absolute atomic E-state index is 0.399. The van der Waals surface area contributed by atoms with Crippen molar-refractivity contribution >= 4 is 0 Å². The van der Waals surface area contributed by atoms with E-state index in [-0.39, 0.29) is 0 Å². The fourth-order valence-electron chi connectivity index (χ4n) is 2.13. The van der Waals surface area contributed by atoms with E-state index >= 15 is 0 Å². The monoisotopic (exact) mass is 220 g/mol. The van der Waals surface area contributed by atoms with Gasteiger partial charge in [-0.3, -0.25) is 4.98 Å². The van der Waals surface area contributed by atoms with Crippen molar-refractivity contribution in [2.45, 2.75) is 44.2 Å². The predicted octanol–water partition coefficient (Wildman–Crippen LogP) is 1.91. The van der Waals surface area contributed by atoms with Crippen LogP contribution in [0.4, 0.5) is 0 Å². The maximum Gasteiger partial charge on any atom is 0.0576 e. The van der Waals surface area contributed by atoms with Gasteiger partial charge in [0.2, 0.25) is 0 Å². The average molecular weight is 220 g/mol. The van der Waals surface area contributed by atoms with Gasteiger partial charge in [-0.2, -0.15) is 0 Å². The molecule has 2 rings (SSSR count). The summed E-state index contributed by atoms with van der Waals surface area (Å²) in [6, 6.07) is 6.39. The zero-order valence-electron chi connectivity index (χ0n) is 9.64. The van der Waals surface area contributed by atoms with Gasteiger partial charge in [0, 0.05) is 24.4 Å². The summed E-state index contributed by atoms with van der Waals surface area (Å²) in [7, 11) is 0. The van der Waals surface area contributed by atoms with Crippen LogP contribution in [0, 0.1) is 0 Å². The molecular formula is C13H20N2O. The fourth-order valence-corrected chi connectivity index (χ4v) is 2.13. The topological polar surface area (TPSA) is 48.1 Å². The molecule has 1 aliphatic rings. The Morgan fingerprint density at radius 2 is 2.06 bits per heavy atom.